The highest BCUT2D eigenvalue weighted by atomic mass is 32.2. The summed E-state index contributed by atoms with van der Waals surface area (Å²) >= 11 is 1.41. The minimum Gasteiger partial charge on any atom is -0.442 e. The first-order chi connectivity index (χ1) is 22.3. The Morgan fingerprint density at radius 1 is 1.02 bits per heavy atom. The standard InChI is InChI=1S/C35H53N7O3S/c1-5-6-12-28-24-42(23-27-10-8-7-9-11-27)34(44)45-35(28)15-20-40(21-16-35)29-13-18-41(19-14-29)31(43)30-25(2)37-32(38-26(30)3)46-33-36-17-22-39(33)4/h17,22,27-29H,5-16,18-21,23-24H2,1-4H3. The van der Waals surface area contributed by atoms with Crippen LogP contribution in [0.15, 0.2) is 22.7 Å². The molecule has 11 heteroatoms. The summed E-state index contributed by atoms with van der Waals surface area (Å²) in [5, 5.41) is 1.43. The number of likely N-dealkylation sites (tertiary alicyclic amines) is 2. The molecule has 2 aromatic rings. The van der Waals surface area contributed by atoms with E-state index in [0.29, 0.717) is 28.6 Å². The van der Waals surface area contributed by atoms with Crippen molar-refractivity contribution in [2.75, 3.05) is 39.3 Å². The number of rotatable bonds is 9. The normalized spacial score (nSPS) is 23.2. The zero-order valence-electron chi connectivity index (χ0n) is 28.4. The van der Waals surface area contributed by atoms with E-state index in [0.717, 1.165) is 87.9 Å². The molecule has 1 saturated carbocycles. The zero-order valence-corrected chi connectivity index (χ0v) is 29.2. The van der Waals surface area contributed by atoms with Crippen LogP contribution in [0.5, 0.6) is 0 Å². The van der Waals surface area contributed by atoms with Gasteiger partial charge in [-0.2, -0.15) is 0 Å². The Kier molecular flexibility index (Phi) is 10.6. The van der Waals surface area contributed by atoms with Crippen molar-refractivity contribution < 1.29 is 14.3 Å². The molecule has 2 aromatic heterocycles. The van der Waals surface area contributed by atoms with Gasteiger partial charge in [0.15, 0.2) is 10.3 Å². The van der Waals surface area contributed by atoms with Crippen molar-refractivity contribution in [1.82, 2.24) is 34.2 Å². The molecule has 252 valence electrons. The molecule has 6 rings (SSSR count). The van der Waals surface area contributed by atoms with Gasteiger partial charge in [0.2, 0.25) is 0 Å². The number of nitrogens with zero attached hydrogens (tertiary/aromatic N) is 7. The van der Waals surface area contributed by atoms with Crippen LogP contribution in [0.25, 0.3) is 0 Å². The van der Waals surface area contributed by atoms with Gasteiger partial charge in [0, 0.05) is 83.5 Å². The van der Waals surface area contributed by atoms with Gasteiger partial charge < -0.3 is 19.1 Å². The van der Waals surface area contributed by atoms with Gasteiger partial charge in [0.1, 0.15) is 5.60 Å². The van der Waals surface area contributed by atoms with Crippen molar-refractivity contribution >= 4 is 23.8 Å². The van der Waals surface area contributed by atoms with Gasteiger partial charge in [-0.15, -0.1) is 0 Å². The number of amides is 2. The van der Waals surface area contributed by atoms with Crippen molar-refractivity contribution in [3.05, 3.63) is 29.3 Å². The van der Waals surface area contributed by atoms with Crippen LogP contribution >= 0.6 is 11.8 Å². The summed E-state index contributed by atoms with van der Waals surface area (Å²) in [7, 11) is 1.94. The van der Waals surface area contributed by atoms with E-state index in [2.05, 4.69) is 31.7 Å². The smallest absolute Gasteiger partial charge is 0.410 e. The predicted molar refractivity (Wildman–Crippen MR) is 179 cm³/mol. The highest BCUT2D eigenvalue weighted by molar-refractivity contribution is 7.99. The molecule has 4 aliphatic rings. The second-order valence-corrected chi connectivity index (χ2v) is 15.1. The quantitative estimate of drug-likeness (QED) is 0.294. The average Bonchev–Trinajstić information content (AvgIpc) is 3.46. The molecule has 10 nitrogen and oxygen atoms in total. The van der Waals surface area contributed by atoms with Crippen LogP contribution in [-0.2, 0) is 11.8 Å². The van der Waals surface area contributed by atoms with E-state index in [1.54, 1.807) is 6.20 Å². The molecule has 0 bridgehead atoms. The summed E-state index contributed by atoms with van der Waals surface area (Å²) in [5.41, 5.74) is 1.74. The largest absolute Gasteiger partial charge is 0.442 e. The van der Waals surface area contributed by atoms with Crippen LogP contribution < -0.4 is 0 Å². The molecule has 1 spiro atoms. The number of aryl methyl sites for hydroxylation is 3. The number of hydrogen-bond acceptors (Lipinski definition) is 8. The van der Waals surface area contributed by atoms with Gasteiger partial charge >= 0.3 is 6.09 Å². The van der Waals surface area contributed by atoms with Crippen LogP contribution in [0, 0.1) is 25.7 Å². The minimum atomic E-state index is -0.321. The molecule has 1 atom stereocenters. The van der Waals surface area contributed by atoms with E-state index in [-0.39, 0.29) is 17.6 Å². The van der Waals surface area contributed by atoms with Crippen LogP contribution in [0.3, 0.4) is 0 Å². The second-order valence-electron chi connectivity index (χ2n) is 14.2. The van der Waals surface area contributed by atoms with Crippen LogP contribution in [0.1, 0.15) is 106 Å². The first-order valence-electron chi connectivity index (χ1n) is 17.8. The predicted octanol–water partition coefficient (Wildman–Crippen LogP) is 6.26. The van der Waals surface area contributed by atoms with Crippen LogP contribution in [0.4, 0.5) is 4.79 Å². The van der Waals surface area contributed by atoms with Gasteiger partial charge in [0.05, 0.1) is 17.0 Å². The SMILES string of the molecule is CCCCC1CN(CC2CCCCC2)C(=O)OC12CCN(C1CCN(C(=O)c3c(C)nc(Sc4nccn4C)nc3C)CC1)CC2. The lowest BCUT2D eigenvalue weighted by Crippen LogP contribution is -2.61. The number of carbonyl (C=O) groups excluding carboxylic acids is 2. The Hall–Kier alpha value is -2.66. The van der Waals surface area contributed by atoms with Crippen molar-refractivity contribution in [3.8, 4) is 0 Å². The minimum absolute atomic E-state index is 0.0326. The lowest BCUT2D eigenvalue weighted by atomic mass is 9.75. The third kappa shape index (κ3) is 7.25. The zero-order chi connectivity index (χ0) is 32.3. The van der Waals surface area contributed by atoms with Gasteiger partial charge in [-0.05, 0) is 63.6 Å². The van der Waals surface area contributed by atoms with Gasteiger partial charge in [-0.3, -0.25) is 9.69 Å². The molecule has 1 unspecified atom stereocenters. The Morgan fingerprint density at radius 2 is 1.72 bits per heavy atom. The Balaban J connectivity index is 1.03. The van der Waals surface area contributed by atoms with E-state index in [1.165, 1.54) is 56.7 Å². The molecular formula is C35H53N7O3S. The molecule has 4 fully saturated rings. The molecule has 2 amide bonds. The van der Waals surface area contributed by atoms with Crippen LogP contribution in [0.2, 0.25) is 0 Å². The first kappa shape index (κ1) is 33.2. The fraction of sp³-hybridized carbons (Fsp3) is 0.743. The molecule has 0 radical (unpaired) electrons. The lowest BCUT2D eigenvalue weighted by molar-refractivity contribution is -0.127. The highest BCUT2D eigenvalue weighted by Crippen LogP contribution is 2.42. The maximum absolute atomic E-state index is 13.7. The van der Waals surface area contributed by atoms with E-state index < -0.39 is 0 Å². The number of piperidine rings is 2. The summed E-state index contributed by atoms with van der Waals surface area (Å²) in [4.78, 5) is 47.4. The summed E-state index contributed by atoms with van der Waals surface area (Å²) in [6, 6.07) is 0.451. The molecular weight excluding hydrogens is 598 g/mol. The van der Waals surface area contributed by atoms with E-state index >= 15 is 0 Å². The number of carbonyl (C=O) groups is 2. The Morgan fingerprint density at radius 3 is 2.35 bits per heavy atom. The first-order valence-corrected chi connectivity index (χ1v) is 18.6. The summed E-state index contributed by atoms with van der Waals surface area (Å²) < 4.78 is 8.40. The van der Waals surface area contributed by atoms with Gasteiger partial charge in [-0.1, -0.05) is 39.0 Å². The third-order valence-electron chi connectivity index (χ3n) is 11.2. The fourth-order valence-electron chi connectivity index (χ4n) is 8.41. The average molecular weight is 652 g/mol. The van der Waals surface area contributed by atoms with Crippen molar-refractivity contribution in [2.24, 2.45) is 18.9 Å². The topological polar surface area (TPSA) is 96.7 Å². The highest BCUT2D eigenvalue weighted by Gasteiger charge is 2.50. The maximum Gasteiger partial charge on any atom is 0.410 e. The van der Waals surface area contributed by atoms with E-state index in [4.69, 9.17) is 4.74 Å². The summed E-state index contributed by atoms with van der Waals surface area (Å²) in [6.45, 7) is 11.2. The molecule has 46 heavy (non-hydrogen) atoms. The molecule has 0 N–H and O–H groups in total. The van der Waals surface area contributed by atoms with E-state index in [9.17, 15) is 9.59 Å². The number of imidazole rings is 1. The van der Waals surface area contributed by atoms with Gasteiger partial charge in [0.25, 0.3) is 5.91 Å². The molecule has 1 aliphatic carbocycles. The Bertz CT molecular complexity index is 1340. The summed E-state index contributed by atoms with van der Waals surface area (Å²) in [6.07, 6.45) is 17.3. The molecule has 3 aliphatic heterocycles. The van der Waals surface area contributed by atoms with E-state index in [1.807, 2.05) is 36.6 Å². The number of unbranched alkanes of at least 4 members (excludes halogenated alkanes) is 1. The van der Waals surface area contributed by atoms with Crippen LogP contribution in [-0.4, -0.2) is 97.1 Å². The monoisotopic (exact) mass is 651 g/mol. The molecule has 0 aromatic carbocycles. The number of ether oxygens (including phenoxy) is 1. The number of hydrogen-bond donors (Lipinski definition) is 0. The maximum atomic E-state index is 13.7. The third-order valence-corrected chi connectivity index (χ3v) is 12.1. The van der Waals surface area contributed by atoms with Gasteiger partial charge in [-0.25, -0.2) is 19.7 Å². The second kappa shape index (κ2) is 14.6. The lowest BCUT2D eigenvalue weighted by Gasteiger charge is -2.52. The van der Waals surface area contributed by atoms with Crippen molar-refractivity contribution in [1.29, 1.82) is 0 Å². The number of aromatic nitrogens is 4. The Labute approximate surface area is 279 Å². The van der Waals surface area contributed by atoms with Crippen molar-refractivity contribution in [3.63, 3.8) is 0 Å². The molecule has 5 heterocycles. The summed E-state index contributed by atoms with van der Waals surface area (Å²) in [5.74, 6) is 1.08. The fourth-order valence-corrected chi connectivity index (χ4v) is 9.25. The molecule has 3 saturated heterocycles. The van der Waals surface area contributed by atoms with Crippen molar-refractivity contribution in [2.45, 2.75) is 120 Å².